The first-order valence-electron chi connectivity index (χ1n) is 10.2. The third-order valence-corrected chi connectivity index (χ3v) is 6.31. The normalized spacial score (nSPS) is 23.7. The lowest BCUT2D eigenvalue weighted by molar-refractivity contribution is -0.134. The number of fused-ring (bicyclic) bond motifs is 2. The Bertz CT molecular complexity index is 999. The molecule has 2 saturated heterocycles. The maximum atomic E-state index is 14.6. The van der Waals surface area contributed by atoms with Crippen LogP contribution in [0, 0.1) is 18.2 Å². The Morgan fingerprint density at radius 2 is 2.07 bits per heavy atom. The molecule has 0 saturated carbocycles. The average Bonchev–Trinajstić information content (AvgIpc) is 2.72. The lowest BCUT2D eigenvalue weighted by Gasteiger charge is -2.51. The van der Waals surface area contributed by atoms with Gasteiger partial charge in [0.1, 0.15) is 5.82 Å². The van der Waals surface area contributed by atoms with E-state index in [1.54, 1.807) is 17.2 Å². The fourth-order valence-electron chi connectivity index (χ4n) is 4.76. The fraction of sp³-hybridized carbons (Fsp3) is 0.409. The molecule has 1 aliphatic carbocycles. The average molecular weight is 409 g/mol. The van der Waals surface area contributed by atoms with E-state index >= 15 is 0 Å². The largest absolute Gasteiger partial charge is 0.381 e. The lowest BCUT2D eigenvalue weighted by atomic mass is 9.67. The van der Waals surface area contributed by atoms with E-state index in [-0.39, 0.29) is 30.1 Å². The second kappa shape index (κ2) is 7.05. The molecule has 156 valence electrons. The summed E-state index contributed by atoms with van der Waals surface area (Å²) in [6.07, 6.45) is 3.90. The van der Waals surface area contributed by atoms with Crippen LogP contribution in [0.5, 0.6) is 0 Å². The van der Waals surface area contributed by atoms with E-state index in [2.05, 4.69) is 15.6 Å². The Morgan fingerprint density at radius 1 is 1.27 bits per heavy atom. The molecule has 2 aromatic rings. The molecule has 1 amide bonds. The third-order valence-electron chi connectivity index (χ3n) is 6.31. The highest BCUT2D eigenvalue weighted by molar-refractivity contribution is 6.00. The number of ether oxygens (including phenoxy) is 1. The number of anilines is 2. The zero-order chi connectivity index (χ0) is 20.9. The van der Waals surface area contributed by atoms with Crippen molar-refractivity contribution in [2.45, 2.75) is 44.2 Å². The van der Waals surface area contributed by atoms with Crippen LogP contribution in [0.25, 0.3) is 0 Å². The number of nitrogens with one attached hydrogen (secondary N) is 3. The van der Waals surface area contributed by atoms with Gasteiger partial charge < -0.3 is 15.4 Å². The van der Waals surface area contributed by atoms with Gasteiger partial charge in [0.25, 0.3) is 0 Å². The topological polar surface area (TPSA) is 90.3 Å². The van der Waals surface area contributed by atoms with Crippen molar-refractivity contribution in [1.29, 1.82) is 5.41 Å². The van der Waals surface area contributed by atoms with Gasteiger partial charge in [0, 0.05) is 31.4 Å². The van der Waals surface area contributed by atoms with Gasteiger partial charge in [-0.2, -0.15) is 0 Å². The van der Waals surface area contributed by atoms with E-state index < -0.39 is 5.54 Å². The molecule has 1 atom stereocenters. The zero-order valence-electron chi connectivity index (χ0n) is 16.8. The van der Waals surface area contributed by atoms with Crippen LogP contribution in [0.1, 0.15) is 36.1 Å². The molecule has 0 radical (unpaired) electrons. The van der Waals surface area contributed by atoms with Crippen molar-refractivity contribution < 1.29 is 13.9 Å². The Morgan fingerprint density at radius 3 is 2.77 bits per heavy atom. The summed E-state index contributed by atoms with van der Waals surface area (Å²) in [5.41, 5.74) is 3.08. The molecule has 8 heteroatoms. The number of nitrogens with zero attached hydrogens (tertiary/aromatic N) is 2. The zero-order valence-corrected chi connectivity index (χ0v) is 16.8. The van der Waals surface area contributed by atoms with Gasteiger partial charge in [-0.1, -0.05) is 6.07 Å². The maximum Gasteiger partial charge on any atom is 0.232 e. The van der Waals surface area contributed by atoms with Gasteiger partial charge in [-0.05, 0) is 49.1 Å². The highest BCUT2D eigenvalue weighted by Crippen LogP contribution is 2.48. The van der Waals surface area contributed by atoms with Crippen LogP contribution < -0.4 is 10.6 Å². The van der Waals surface area contributed by atoms with E-state index in [1.165, 1.54) is 6.07 Å². The molecule has 3 aliphatic rings. The van der Waals surface area contributed by atoms with Gasteiger partial charge in [-0.25, -0.2) is 4.39 Å². The molecule has 3 heterocycles. The monoisotopic (exact) mass is 409 g/mol. The van der Waals surface area contributed by atoms with Crippen LogP contribution in [0.4, 0.5) is 15.8 Å². The minimum absolute atomic E-state index is 0.00243. The second-order valence-electron chi connectivity index (χ2n) is 8.28. The number of rotatable bonds is 3. The molecule has 1 aromatic heterocycles. The lowest BCUT2D eigenvalue weighted by Crippen LogP contribution is -2.66. The van der Waals surface area contributed by atoms with Crippen molar-refractivity contribution in [2.75, 3.05) is 18.5 Å². The highest BCUT2D eigenvalue weighted by atomic mass is 19.1. The summed E-state index contributed by atoms with van der Waals surface area (Å²) in [6.45, 7) is 3.11. The molecule has 30 heavy (non-hydrogen) atoms. The fourth-order valence-corrected chi connectivity index (χ4v) is 4.76. The smallest absolute Gasteiger partial charge is 0.232 e. The summed E-state index contributed by atoms with van der Waals surface area (Å²) >= 11 is 0. The van der Waals surface area contributed by atoms with Crippen molar-refractivity contribution in [3.05, 3.63) is 53.1 Å². The SMILES string of the molecule is Cc1ccc(Nc2c(F)ccc3c2C[C@]32CC(=O)N(C3CCOCC3)C(=N)N2)cn1. The van der Waals surface area contributed by atoms with Crippen molar-refractivity contribution in [3.63, 3.8) is 0 Å². The van der Waals surface area contributed by atoms with E-state index in [9.17, 15) is 9.18 Å². The van der Waals surface area contributed by atoms with Crippen LogP contribution in [0.2, 0.25) is 0 Å². The molecule has 7 nitrogen and oxygen atoms in total. The molecule has 2 fully saturated rings. The van der Waals surface area contributed by atoms with Gasteiger partial charge in [0.05, 0.1) is 29.5 Å². The minimum Gasteiger partial charge on any atom is -0.381 e. The number of amides is 1. The number of guanidine groups is 1. The number of carbonyl (C=O) groups excluding carboxylic acids is 1. The van der Waals surface area contributed by atoms with Gasteiger partial charge in [-0.15, -0.1) is 0 Å². The maximum absolute atomic E-state index is 14.6. The van der Waals surface area contributed by atoms with Crippen molar-refractivity contribution in [2.24, 2.45) is 0 Å². The quantitative estimate of drug-likeness (QED) is 0.725. The summed E-state index contributed by atoms with van der Waals surface area (Å²) in [7, 11) is 0. The second-order valence-corrected chi connectivity index (χ2v) is 8.28. The van der Waals surface area contributed by atoms with Gasteiger partial charge in [0.2, 0.25) is 5.91 Å². The third kappa shape index (κ3) is 3.02. The molecule has 1 spiro atoms. The van der Waals surface area contributed by atoms with Gasteiger partial charge >= 0.3 is 0 Å². The number of hydrogen-bond donors (Lipinski definition) is 3. The van der Waals surface area contributed by atoms with Crippen molar-refractivity contribution >= 4 is 23.2 Å². The summed E-state index contributed by atoms with van der Waals surface area (Å²) in [5, 5.41) is 14.9. The van der Waals surface area contributed by atoms with Crippen molar-refractivity contribution in [1.82, 2.24) is 15.2 Å². The van der Waals surface area contributed by atoms with Crippen LogP contribution in [0.3, 0.4) is 0 Å². The summed E-state index contributed by atoms with van der Waals surface area (Å²) in [5.74, 6) is -0.270. The highest BCUT2D eigenvalue weighted by Gasteiger charge is 2.52. The number of hydrogen-bond acceptors (Lipinski definition) is 5. The predicted octanol–water partition coefficient (Wildman–Crippen LogP) is 2.96. The van der Waals surface area contributed by atoms with E-state index in [1.807, 2.05) is 19.1 Å². The number of aromatic nitrogens is 1. The Labute approximate surface area is 174 Å². The van der Waals surface area contributed by atoms with Crippen LogP contribution in [0.15, 0.2) is 30.5 Å². The van der Waals surface area contributed by atoms with Gasteiger partial charge in [0.15, 0.2) is 5.96 Å². The molecule has 3 N–H and O–H groups in total. The predicted molar refractivity (Wildman–Crippen MR) is 110 cm³/mol. The van der Waals surface area contributed by atoms with Crippen molar-refractivity contribution in [3.8, 4) is 0 Å². The van der Waals surface area contributed by atoms with Gasteiger partial charge in [-0.3, -0.25) is 20.1 Å². The van der Waals surface area contributed by atoms with E-state index in [0.717, 1.165) is 29.7 Å². The number of benzene rings is 1. The first-order valence-corrected chi connectivity index (χ1v) is 10.2. The van der Waals surface area contributed by atoms with Crippen LogP contribution >= 0.6 is 0 Å². The van der Waals surface area contributed by atoms with Crippen LogP contribution in [-0.4, -0.2) is 41.0 Å². The molecule has 1 aromatic carbocycles. The Hall–Kier alpha value is -3.00. The number of halogens is 1. The van der Waals surface area contributed by atoms with Crippen LogP contribution in [-0.2, 0) is 21.5 Å². The Kier molecular flexibility index (Phi) is 4.47. The first-order chi connectivity index (χ1) is 14.5. The Balaban J connectivity index is 1.40. The molecule has 0 bridgehead atoms. The molecule has 0 unspecified atom stereocenters. The summed E-state index contributed by atoms with van der Waals surface area (Å²) < 4.78 is 20.0. The number of pyridine rings is 1. The molecule has 2 aliphatic heterocycles. The molecular formula is C22H24FN5O2. The summed E-state index contributed by atoms with van der Waals surface area (Å²) in [6, 6.07) is 6.88. The molecular weight excluding hydrogens is 385 g/mol. The molecule has 5 rings (SSSR count). The standard InChI is InChI=1S/C22H24FN5O2/c1-13-2-3-14(12-25-13)26-20-16-10-22(17(16)4-5-18(20)23)11-19(29)28(21(24)27-22)15-6-8-30-9-7-15/h2-5,12,15,26H,6-11H2,1H3,(H2,24,27)/t22-/m0/s1. The summed E-state index contributed by atoms with van der Waals surface area (Å²) in [4.78, 5) is 18.8. The number of aryl methyl sites for hydroxylation is 1. The minimum atomic E-state index is -0.638. The van der Waals surface area contributed by atoms with E-state index in [4.69, 9.17) is 10.1 Å². The number of carbonyl (C=O) groups is 1. The van der Waals surface area contributed by atoms with E-state index in [0.29, 0.717) is 31.0 Å². The first kappa shape index (κ1) is 19.0.